The summed E-state index contributed by atoms with van der Waals surface area (Å²) in [5.41, 5.74) is 1.75. The molecule has 2 heterocycles. The molecule has 0 radical (unpaired) electrons. The van der Waals surface area contributed by atoms with Crippen LogP contribution >= 0.6 is 22.9 Å². The number of ether oxygens (including phenoxy) is 1. The lowest BCUT2D eigenvalue weighted by atomic mass is 9.97. The molecule has 9 heteroatoms. The zero-order chi connectivity index (χ0) is 25.5. The normalized spacial score (nSPS) is 14.8. The van der Waals surface area contributed by atoms with Crippen LogP contribution < -0.4 is 5.32 Å². The van der Waals surface area contributed by atoms with Gasteiger partial charge in [-0.05, 0) is 37.0 Å². The van der Waals surface area contributed by atoms with Crippen molar-refractivity contribution >= 4 is 40.7 Å². The fourth-order valence-electron chi connectivity index (χ4n) is 4.23. The molecule has 1 aliphatic rings. The van der Waals surface area contributed by atoms with E-state index in [2.05, 4.69) is 10.3 Å². The highest BCUT2D eigenvalue weighted by Crippen LogP contribution is 2.31. The molecule has 1 N–H and O–H groups in total. The molecule has 7 nitrogen and oxygen atoms in total. The van der Waals surface area contributed by atoms with Crippen LogP contribution in [0.2, 0.25) is 5.02 Å². The molecule has 188 valence electrons. The van der Waals surface area contributed by atoms with Gasteiger partial charge in [-0.3, -0.25) is 9.59 Å². The smallest absolute Gasteiger partial charge is 0.333 e. The highest BCUT2D eigenvalue weighted by atomic mass is 35.5. The summed E-state index contributed by atoms with van der Waals surface area (Å²) < 4.78 is 5.16. The number of likely N-dealkylation sites (tertiary alicyclic amines) is 1. The van der Waals surface area contributed by atoms with Gasteiger partial charge in [-0.15, -0.1) is 11.3 Å². The summed E-state index contributed by atoms with van der Waals surface area (Å²) in [5, 5.41) is 5.95. The maximum Gasteiger partial charge on any atom is 0.333 e. The predicted molar refractivity (Wildman–Crippen MR) is 139 cm³/mol. The maximum absolute atomic E-state index is 12.9. The van der Waals surface area contributed by atoms with E-state index in [9.17, 15) is 14.4 Å². The van der Waals surface area contributed by atoms with Crippen molar-refractivity contribution in [3.63, 3.8) is 0 Å². The first-order chi connectivity index (χ1) is 17.5. The summed E-state index contributed by atoms with van der Waals surface area (Å²) in [6, 6.07) is 15.5. The highest BCUT2D eigenvalue weighted by molar-refractivity contribution is 7.09. The molecule has 2 aromatic carbocycles. The van der Waals surface area contributed by atoms with Gasteiger partial charge >= 0.3 is 5.97 Å². The van der Waals surface area contributed by atoms with E-state index in [1.54, 1.807) is 42.6 Å². The van der Waals surface area contributed by atoms with E-state index in [1.807, 2.05) is 29.2 Å². The second-order valence-corrected chi connectivity index (χ2v) is 9.86. The molecule has 1 saturated heterocycles. The Bertz CT molecular complexity index is 1210. The average Bonchev–Trinajstić information content (AvgIpc) is 3.40. The van der Waals surface area contributed by atoms with Crippen LogP contribution in [-0.2, 0) is 20.7 Å². The third-order valence-electron chi connectivity index (χ3n) is 6.18. The molecule has 4 rings (SSSR count). The van der Waals surface area contributed by atoms with Crippen LogP contribution in [0.15, 0.2) is 60.0 Å². The first-order valence-corrected chi connectivity index (χ1v) is 13.2. The summed E-state index contributed by atoms with van der Waals surface area (Å²) >= 11 is 7.63. The van der Waals surface area contributed by atoms with E-state index < -0.39 is 17.9 Å². The lowest BCUT2D eigenvalue weighted by molar-refractivity contribution is -0.145. The lowest BCUT2D eigenvalue weighted by Crippen LogP contribution is -2.38. The Labute approximate surface area is 219 Å². The number of esters is 1. The number of thiazole rings is 1. The van der Waals surface area contributed by atoms with Gasteiger partial charge in [0.1, 0.15) is 5.69 Å². The zero-order valence-corrected chi connectivity index (χ0v) is 21.6. The molecular weight excluding hydrogens is 498 g/mol. The summed E-state index contributed by atoms with van der Waals surface area (Å²) in [7, 11) is 0. The van der Waals surface area contributed by atoms with Gasteiger partial charge < -0.3 is 15.0 Å². The van der Waals surface area contributed by atoms with Gasteiger partial charge in [0.25, 0.3) is 5.91 Å². The van der Waals surface area contributed by atoms with Crippen LogP contribution in [0.4, 0.5) is 0 Å². The Hall–Kier alpha value is -3.23. The largest absolute Gasteiger partial charge is 0.464 e. The fourth-order valence-corrected chi connectivity index (χ4v) is 5.40. The van der Waals surface area contributed by atoms with Crippen LogP contribution in [0.25, 0.3) is 0 Å². The van der Waals surface area contributed by atoms with E-state index in [0.717, 1.165) is 23.4 Å². The third kappa shape index (κ3) is 6.30. The molecule has 2 amide bonds. The minimum absolute atomic E-state index is 0.0617. The first-order valence-electron chi connectivity index (χ1n) is 11.9. The van der Waals surface area contributed by atoms with Crippen molar-refractivity contribution in [3.05, 3.63) is 86.8 Å². The molecule has 1 fully saturated rings. The van der Waals surface area contributed by atoms with Gasteiger partial charge in [0.15, 0.2) is 6.04 Å². The molecule has 1 aliphatic heterocycles. The van der Waals surface area contributed by atoms with E-state index in [4.69, 9.17) is 16.3 Å². The standard InChI is InChI=1S/C27H28ClN3O4S/c1-2-35-27(34)24(18-8-4-3-5-9-18)30-25(33)22-17-36-26(29-22)19-12-14-31(15-13-19)23(32)16-20-10-6-7-11-21(20)28/h3-11,17,19,24H,2,12-16H2,1H3,(H,30,33). The Kier molecular flexibility index (Phi) is 8.72. The van der Waals surface area contributed by atoms with Crippen LogP contribution in [0.3, 0.4) is 0 Å². The van der Waals surface area contributed by atoms with Crippen molar-refractivity contribution in [1.82, 2.24) is 15.2 Å². The van der Waals surface area contributed by atoms with Crippen LogP contribution in [-0.4, -0.2) is 47.4 Å². The first kappa shape index (κ1) is 25.9. The monoisotopic (exact) mass is 525 g/mol. The summed E-state index contributed by atoms with van der Waals surface area (Å²) in [5.74, 6) is -0.698. The molecule has 0 spiro atoms. The number of carbonyl (C=O) groups excluding carboxylic acids is 3. The van der Waals surface area contributed by atoms with Crippen LogP contribution in [0.1, 0.15) is 58.3 Å². The van der Waals surface area contributed by atoms with Crippen LogP contribution in [0, 0.1) is 0 Å². The van der Waals surface area contributed by atoms with Gasteiger partial charge in [-0.1, -0.05) is 60.1 Å². The van der Waals surface area contributed by atoms with Gasteiger partial charge in [0, 0.05) is 29.4 Å². The van der Waals surface area contributed by atoms with Crippen molar-refractivity contribution in [2.45, 2.75) is 38.1 Å². The van der Waals surface area contributed by atoms with Gasteiger partial charge in [-0.25, -0.2) is 9.78 Å². The second kappa shape index (κ2) is 12.1. The Balaban J connectivity index is 1.35. The summed E-state index contributed by atoms with van der Waals surface area (Å²) in [4.78, 5) is 44.6. The number of hydrogen-bond acceptors (Lipinski definition) is 6. The number of nitrogens with one attached hydrogen (secondary N) is 1. The highest BCUT2D eigenvalue weighted by Gasteiger charge is 2.28. The lowest BCUT2D eigenvalue weighted by Gasteiger charge is -2.31. The zero-order valence-electron chi connectivity index (χ0n) is 20.0. The number of aromatic nitrogens is 1. The Morgan fingerprint density at radius 2 is 1.81 bits per heavy atom. The number of rotatable bonds is 8. The Morgan fingerprint density at radius 1 is 1.11 bits per heavy atom. The molecule has 1 unspecified atom stereocenters. The number of halogens is 1. The van der Waals surface area contributed by atoms with Crippen LogP contribution in [0.5, 0.6) is 0 Å². The molecule has 36 heavy (non-hydrogen) atoms. The second-order valence-electron chi connectivity index (χ2n) is 8.56. The van der Waals surface area contributed by atoms with E-state index >= 15 is 0 Å². The summed E-state index contributed by atoms with van der Waals surface area (Å²) in [6.07, 6.45) is 1.84. The number of benzene rings is 2. The number of nitrogens with zero attached hydrogens (tertiary/aromatic N) is 2. The van der Waals surface area contributed by atoms with Crippen molar-refractivity contribution in [2.24, 2.45) is 0 Å². The minimum Gasteiger partial charge on any atom is -0.464 e. The average molecular weight is 526 g/mol. The number of carbonyl (C=O) groups is 3. The molecule has 1 aromatic heterocycles. The topological polar surface area (TPSA) is 88.6 Å². The summed E-state index contributed by atoms with van der Waals surface area (Å²) in [6.45, 7) is 3.21. The van der Waals surface area contributed by atoms with Gasteiger partial charge in [-0.2, -0.15) is 0 Å². The quantitative estimate of drug-likeness (QED) is 0.428. The van der Waals surface area contributed by atoms with Gasteiger partial charge in [0.05, 0.1) is 18.0 Å². The number of piperidine rings is 1. The van der Waals surface area contributed by atoms with Crippen molar-refractivity contribution in [3.8, 4) is 0 Å². The molecule has 1 atom stereocenters. The molecule has 3 aromatic rings. The maximum atomic E-state index is 12.9. The number of amides is 2. The van der Waals surface area contributed by atoms with Gasteiger partial charge in [0.2, 0.25) is 5.91 Å². The van der Waals surface area contributed by atoms with E-state index in [-0.39, 0.29) is 30.5 Å². The minimum atomic E-state index is -0.906. The SMILES string of the molecule is CCOC(=O)C(NC(=O)c1csc(C2CCN(C(=O)Cc3ccccc3Cl)CC2)n1)c1ccccc1. The van der Waals surface area contributed by atoms with E-state index in [0.29, 0.717) is 23.7 Å². The number of hydrogen-bond donors (Lipinski definition) is 1. The van der Waals surface area contributed by atoms with Crippen molar-refractivity contribution in [2.75, 3.05) is 19.7 Å². The predicted octanol–water partition coefficient (Wildman–Crippen LogP) is 4.78. The third-order valence-corrected chi connectivity index (χ3v) is 7.56. The Morgan fingerprint density at radius 3 is 2.50 bits per heavy atom. The fraction of sp³-hybridized carbons (Fsp3) is 0.333. The molecule has 0 aliphatic carbocycles. The van der Waals surface area contributed by atoms with Crippen molar-refractivity contribution < 1.29 is 19.1 Å². The molecule has 0 saturated carbocycles. The molecular formula is C27H28ClN3O4S. The van der Waals surface area contributed by atoms with Crippen molar-refractivity contribution in [1.29, 1.82) is 0 Å². The molecule has 0 bridgehead atoms. The van der Waals surface area contributed by atoms with E-state index in [1.165, 1.54) is 11.3 Å².